The number of fused-ring (bicyclic) bond motifs is 5. The molecule has 1 unspecified atom stereocenters. The number of methoxy groups -OCH3 is 1. The molecule has 5 rings (SSSR count). The number of likely N-dealkylation sites (N-methyl/N-ethyl adjacent to an activating group) is 1. The molecule has 64 heavy (non-hydrogen) atoms. The number of imide groups is 1. The number of ether oxygens (including phenoxy) is 4. The van der Waals surface area contributed by atoms with Gasteiger partial charge in [-0.25, -0.2) is 9.59 Å². The fourth-order valence-electron chi connectivity index (χ4n) is 8.46. The molecule has 4 bridgehead atoms. The molecular weight excluding hydrogens is 872 g/mol. The Morgan fingerprint density at radius 3 is 2.50 bits per heavy atom. The number of hydrogen-bond donors (Lipinski definition) is 3. The fourth-order valence-corrected chi connectivity index (χ4v) is 9.80. The Hall–Kier alpha value is -4.49. The van der Waals surface area contributed by atoms with Gasteiger partial charge in [0.05, 0.1) is 28.5 Å². The van der Waals surface area contributed by atoms with E-state index in [0.717, 1.165) is 16.7 Å². The largest absolute Gasteiger partial charge is 0.481 e. The molecule has 17 nitrogen and oxygen atoms in total. The van der Waals surface area contributed by atoms with Crippen LogP contribution in [0.5, 0.6) is 0 Å². The van der Waals surface area contributed by atoms with E-state index in [4.69, 9.17) is 35.7 Å². The van der Waals surface area contributed by atoms with E-state index in [9.17, 15) is 38.7 Å². The first-order chi connectivity index (χ1) is 30.1. The molecule has 3 saturated heterocycles. The Balaban J connectivity index is 1.31. The molecule has 3 N–H and O–H groups in total. The Labute approximate surface area is 383 Å². The number of carboxylic acids is 1. The van der Waals surface area contributed by atoms with Gasteiger partial charge in [-0.2, -0.15) is 0 Å². The summed E-state index contributed by atoms with van der Waals surface area (Å²) in [7, 11) is 4.45. The van der Waals surface area contributed by atoms with E-state index in [-0.39, 0.29) is 56.2 Å². The molecule has 0 radical (unpaired) electrons. The number of nitrogens with one attached hydrogen (secondary N) is 1. The van der Waals surface area contributed by atoms with Crippen LogP contribution >= 0.6 is 23.4 Å². The molecule has 1 aromatic carbocycles. The van der Waals surface area contributed by atoms with Crippen LogP contribution in [0.2, 0.25) is 5.02 Å². The number of esters is 1. The van der Waals surface area contributed by atoms with Crippen LogP contribution in [-0.2, 0) is 54.1 Å². The summed E-state index contributed by atoms with van der Waals surface area (Å²) >= 11 is 7.98. The summed E-state index contributed by atoms with van der Waals surface area (Å²) in [5.74, 6) is -3.59. The van der Waals surface area contributed by atoms with Crippen molar-refractivity contribution < 1.29 is 62.7 Å². The zero-order valence-corrected chi connectivity index (χ0v) is 39.3. The SMILES string of the molecule is CO[C@@H]1/C=C/C=C(\C)Cc2cc(C)c(Cl)c(c2)N(C)C(=O)C[C@H](OC(=O)[C@H](C)N(C)C(=O)CCSC2CC(=O)N(CCCCCC(=O)O)C2=O)[C@]2(C)O[C@H]2[C@H](C)[C@@H]2C[C@@]1(O)NC(=O)O2. The van der Waals surface area contributed by atoms with E-state index in [1.54, 1.807) is 33.0 Å². The predicted molar refractivity (Wildman–Crippen MR) is 237 cm³/mol. The summed E-state index contributed by atoms with van der Waals surface area (Å²) < 4.78 is 23.7. The zero-order chi connectivity index (χ0) is 47.3. The van der Waals surface area contributed by atoms with Crippen LogP contribution in [0.1, 0.15) is 90.2 Å². The summed E-state index contributed by atoms with van der Waals surface area (Å²) in [4.78, 5) is 94.7. The van der Waals surface area contributed by atoms with E-state index in [0.29, 0.717) is 36.4 Å². The second-order valence-electron chi connectivity index (χ2n) is 17.4. The van der Waals surface area contributed by atoms with Gasteiger partial charge >= 0.3 is 18.0 Å². The highest BCUT2D eigenvalue weighted by Gasteiger charge is 2.64. The minimum Gasteiger partial charge on any atom is -0.481 e. The first kappa shape index (κ1) is 50.5. The summed E-state index contributed by atoms with van der Waals surface area (Å²) in [5, 5.41) is 22.8. The van der Waals surface area contributed by atoms with E-state index in [1.807, 2.05) is 32.1 Å². The molecular formula is C45H61ClN4O13S. The molecule has 9 atom stereocenters. The number of benzene rings is 1. The fraction of sp³-hybridized carbons (Fsp3) is 0.622. The average molecular weight is 934 g/mol. The van der Waals surface area contributed by atoms with E-state index in [2.05, 4.69) is 5.32 Å². The number of carboxylic acid groups (broad SMARTS) is 1. The number of carbonyl (C=O) groups excluding carboxylic acids is 6. The maximum absolute atomic E-state index is 14.2. The lowest BCUT2D eigenvalue weighted by Crippen LogP contribution is -2.63. The third kappa shape index (κ3) is 11.8. The number of aliphatic carboxylic acids is 1. The third-order valence-electron chi connectivity index (χ3n) is 12.6. The number of likely N-dealkylation sites (tertiary alicyclic amines) is 1. The molecule has 0 aliphatic carbocycles. The first-order valence-corrected chi connectivity index (χ1v) is 23.0. The van der Waals surface area contributed by atoms with Crippen LogP contribution in [0.25, 0.3) is 0 Å². The van der Waals surface area contributed by atoms with Crippen molar-refractivity contribution in [1.29, 1.82) is 0 Å². The molecule has 4 aliphatic rings. The minimum absolute atomic E-state index is 0.00134. The lowest BCUT2D eigenvalue weighted by atomic mass is 9.83. The maximum atomic E-state index is 14.2. The Morgan fingerprint density at radius 1 is 1.09 bits per heavy atom. The lowest BCUT2D eigenvalue weighted by Gasteiger charge is -2.42. The van der Waals surface area contributed by atoms with Crippen molar-refractivity contribution in [3.63, 3.8) is 0 Å². The normalized spacial score (nSPS) is 30.4. The van der Waals surface area contributed by atoms with E-state index < -0.39 is 82.8 Å². The lowest BCUT2D eigenvalue weighted by molar-refractivity contribution is -0.162. The van der Waals surface area contributed by atoms with Crippen molar-refractivity contribution in [3.05, 3.63) is 52.1 Å². The predicted octanol–water partition coefficient (Wildman–Crippen LogP) is 4.71. The number of anilines is 1. The number of thioether (sulfide) groups is 1. The highest BCUT2D eigenvalue weighted by Crippen LogP contribution is 2.49. The number of epoxide rings is 1. The molecule has 4 aliphatic heterocycles. The highest BCUT2D eigenvalue weighted by molar-refractivity contribution is 8.00. The van der Waals surface area contributed by atoms with E-state index >= 15 is 0 Å². The summed E-state index contributed by atoms with van der Waals surface area (Å²) in [6, 6.07) is 2.64. The maximum Gasteiger partial charge on any atom is 0.409 e. The second-order valence-corrected chi connectivity index (χ2v) is 19.1. The molecule has 0 aromatic heterocycles. The third-order valence-corrected chi connectivity index (χ3v) is 14.3. The van der Waals surface area contributed by atoms with Crippen LogP contribution < -0.4 is 10.2 Å². The van der Waals surface area contributed by atoms with Crippen LogP contribution in [0.4, 0.5) is 10.5 Å². The summed E-state index contributed by atoms with van der Waals surface area (Å²) in [6.07, 6.45) is 2.20. The standard InChI is InChI=1S/C45H61ClN4O13S/c1-25-13-12-14-33(60-8)45(59)24-31(61-43(58)47-45)27(3)40-44(5,63-40)34(23-36(52)49(7)30-21-29(19-25)20-26(2)39(30)46)62-42(57)28(4)48(6)35(51)16-18-64-32-22-37(53)50(41(32)56)17-11-9-10-15-38(54)55/h12-14,20-21,27-28,31-34,40,59H,9-11,15-19,22-24H2,1-8H3,(H,47,58)(H,54,55)/b14-12+,25-13+/t27-,28+,31+,32?,33-,34+,40+,44+,45+/m1/s1. The van der Waals surface area contributed by atoms with Gasteiger partial charge in [-0.1, -0.05) is 54.8 Å². The molecule has 5 amide bonds. The monoisotopic (exact) mass is 932 g/mol. The number of alkyl carbamates (subject to hydrolysis) is 1. The number of amides is 5. The van der Waals surface area contributed by atoms with Gasteiger partial charge < -0.3 is 39.0 Å². The number of rotatable bonds is 14. The number of unbranched alkanes of at least 4 members (excludes halogenated alkanes) is 2. The van der Waals surface area contributed by atoms with Gasteiger partial charge in [0, 0.05) is 65.1 Å². The van der Waals surface area contributed by atoms with Gasteiger partial charge in [-0.15, -0.1) is 11.8 Å². The van der Waals surface area contributed by atoms with Gasteiger partial charge in [0.25, 0.3) is 0 Å². The number of allylic oxidation sites excluding steroid dienone is 3. The number of aliphatic hydroxyl groups is 1. The Morgan fingerprint density at radius 2 is 1.81 bits per heavy atom. The highest BCUT2D eigenvalue weighted by atomic mass is 35.5. The van der Waals surface area contributed by atoms with Crippen LogP contribution in [0.3, 0.4) is 0 Å². The van der Waals surface area contributed by atoms with Crippen molar-refractivity contribution >= 4 is 70.7 Å². The first-order valence-electron chi connectivity index (χ1n) is 21.5. The molecule has 0 saturated carbocycles. The summed E-state index contributed by atoms with van der Waals surface area (Å²) in [6.45, 7) is 8.94. The smallest absolute Gasteiger partial charge is 0.409 e. The second kappa shape index (κ2) is 21.2. The molecule has 19 heteroatoms. The number of aryl methyl sites for hydroxylation is 1. The Bertz CT molecular complexity index is 2050. The van der Waals surface area contributed by atoms with Gasteiger partial charge in [0.1, 0.15) is 30.0 Å². The van der Waals surface area contributed by atoms with Gasteiger partial charge in [-0.05, 0) is 64.2 Å². The van der Waals surface area contributed by atoms with Crippen LogP contribution in [0, 0.1) is 12.8 Å². The summed E-state index contributed by atoms with van der Waals surface area (Å²) in [5.41, 5.74) is -0.116. The van der Waals surface area contributed by atoms with Crippen molar-refractivity contribution in [2.75, 3.05) is 38.4 Å². The number of carbonyl (C=O) groups is 7. The van der Waals surface area contributed by atoms with Crippen molar-refractivity contribution in [2.24, 2.45) is 5.92 Å². The van der Waals surface area contributed by atoms with Crippen LogP contribution in [-0.4, -0.2) is 142 Å². The van der Waals surface area contributed by atoms with Crippen LogP contribution in [0.15, 0.2) is 35.9 Å². The quantitative estimate of drug-likeness (QED) is 0.0996. The number of hydrogen-bond acceptors (Lipinski definition) is 13. The Kier molecular flexibility index (Phi) is 16.7. The van der Waals surface area contributed by atoms with Crippen molar-refractivity contribution in [1.82, 2.24) is 15.1 Å². The molecule has 0 spiro atoms. The van der Waals surface area contributed by atoms with Crippen molar-refractivity contribution in [2.45, 2.75) is 139 Å². The topological polar surface area (TPSA) is 222 Å². The molecule has 352 valence electrons. The average Bonchev–Trinajstić information content (AvgIpc) is 3.86. The zero-order valence-electron chi connectivity index (χ0n) is 37.7. The van der Waals surface area contributed by atoms with E-state index in [1.165, 1.54) is 47.5 Å². The number of nitrogens with zero attached hydrogens (tertiary/aromatic N) is 3. The van der Waals surface area contributed by atoms with Crippen molar-refractivity contribution in [3.8, 4) is 0 Å². The van der Waals surface area contributed by atoms with Gasteiger partial charge in [0.15, 0.2) is 5.72 Å². The number of halogens is 1. The van der Waals surface area contributed by atoms with Gasteiger partial charge in [-0.3, -0.25) is 34.2 Å². The van der Waals surface area contributed by atoms with Gasteiger partial charge in [0.2, 0.25) is 23.6 Å². The molecule has 3 fully saturated rings. The molecule has 1 aromatic rings. The molecule has 4 heterocycles. The minimum atomic E-state index is -1.86.